The van der Waals surface area contributed by atoms with Gasteiger partial charge in [0.25, 0.3) is 0 Å². The largest absolute Gasteiger partial charge is 0.480 e. The van der Waals surface area contributed by atoms with Crippen LogP contribution in [0, 0.1) is 0 Å². The second-order valence-electron chi connectivity index (χ2n) is 4.18. The molecule has 0 bridgehead atoms. The maximum Gasteiger partial charge on any atom is 0.232 e. The lowest BCUT2D eigenvalue weighted by Gasteiger charge is -2.17. The maximum absolute atomic E-state index is 5.17. The highest BCUT2D eigenvalue weighted by atomic mass is 79.9. The van der Waals surface area contributed by atoms with Crippen molar-refractivity contribution in [1.82, 2.24) is 9.97 Å². The molecule has 0 aliphatic heterocycles. The van der Waals surface area contributed by atoms with Gasteiger partial charge in [-0.05, 0) is 27.9 Å². The van der Waals surface area contributed by atoms with Gasteiger partial charge in [-0.1, -0.05) is 30.3 Å². The summed E-state index contributed by atoms with van der Waals surface area (Å²) in [6.45, 7) is 0.856. The van der Waals surface area contributed by atoms with Crippen LogP contribution in [0.1, 0.15) is 5.56 Å². The molecule has 0 aliphatic carbocycles. The summed E-state index contributed by atoms with van der Waals surface area (Å²) >= 11 is 3.35. The average molecular weight is 322 g/mol. The standard InChI is InChI=1S/C14H16BrN3O/c1-18(9-8-11-6-4-3-5-7-11)14-16-10-12(15)13(17-14)19-2/h3-7,10H,8-9H2,1-2H3. The summed E-state index contributed by atoms with van der Waals surface area (Å²) in [6.07, 6.45) is 2.67. The fourth-order valence-corrected chi connectivity index (χ4v) is 2.06. The van der Waals surface area contributed by atoms with Crippen LogP contribution in [0.2, 0.25) is 0 Å². The smallest absolute Gasteiger partial charge is 0.232 e. The molecule has 5 heteroatoms. The highest BCUT2D eigenvalue weighted by Gasteiger charge is 2.09. The van der Waals surface area contributed by atoms with Crippen LogP contribution in [0.4, 0.5) is 5.95 Å². The van der Waals surface area contributed by atoms with Crippen LogP contribution in [0.3, 0.4) is 0 Å². The molecule has 0 radical (unpaired) electrons. The molecule has 1 heterocycles. The first-order valence-corrected chi connectivity index (χ1v) is 6.81. The molecule has 100 valence electrons. The zero-order valence-electron chi connectivity index (χ0n) is 11.0. The van der Waals surface area contributed by atoms with E-state index < -0.39 is 0 Å². The second kappa shape index (κ2) is 6.52. The van der Waals surface area contributed by atoms with Crippen molar-refractivity contribution >= 4 is 21.9 Å². The van der Waals surface area contributed by atoms with Crippen molar-refractivity contribution in [3.05, 3.63) is 46.6 Å². The number of ether oxygens (including phenoxy) is 1. The minimum atomic E-state index is 0.552. The van der Waals surface area contributed by atoms with Crippen LogP contribution in [0.15, 0.2) is 41.0 Å². The molecule has 2 aromatic rings. The zero-order chi connectivity index (χ0) is 13.7. The summed E-state index contributed by atoms with van der Waals surface area (Å²) in [5.41, 5.74) is 1.30. The van der Waals surface area contributed by atoms with Crippen molar-refractivity contribution in [3.63, 3.8) is 0 Å². The van der Waals surface area contributed by atoms with Gasteiger partial charge in [-0.25, -0.2) is 4.98 Å². The van der Waals surface area contributed by atoms with Crippen LogP contribution >= 0.6 is 15.9 Å². The predicted octanol–water partition coefficient (Wildman–Crippen LogP) is 2.93. The van der Waals surface area contributed by atoms with E-state index in [2.05, 4.69) is 50.2 Å². The highest BCUT2D eigenvalue weighted by Crippen LogP contribution is 2.22. The molecule has 2 rings (SSSR count). The summed E-state index contributed by atoms with van der Waals surface area (Å²) in [7, 11) is 3.58. The van der Waals surface area contributed by atoms with Gasteiger partial charge >= 0.3 is 0 Å². The fourth-order valence-electron chi connectivity index (χ4n) is 1.71. The number of rotatable bonds is 5. The minimum absolute atomic E-state index is 0.552. The van der Waals surface area contributed by atoms with E-state index in [1.54, 1.807) is 13.3 Å². The monoisotopic (exact) mass is 321 g/mol. The van der Waals surface area contributed by atoms with Crippen molar-refractivity contribution in [3.8, 4) is 5.88 Å². The lowest BCUT2D eigenvalue weighted by atomic mass is 10.1. The summed E-state index contributed by atoms with van der Waals surface area (Å²) in [6, 6.07) is 10.4. The van der Waals surface area contributed by atoms with E-state index in [1.165, 1.54) is 5.56 Å². The number of aromatic nitrogens is 2. The van der Waals surface area contributed by atoms with Gasteiger partial charge in [0.15, 0.2) is 0 Å². The summed E-state index contributed by atoms with van der Waals surface area (Å²) in [4.78, 5) is 10.7. The lowest BCUT2D eigenvalue weighted by Crippen LogP contribution is -2.22. The molecule has 0 N–H and O–H groups in total. The van der Waals surface area contributed by atoms with Crippen molar-refractivity contribution in [2.45, 2.75) is 6.42 Å². The van der Waals surface area contributed by atoms with Crippen molar-refractivity contribution in [1.29, 1.82) is 0 Å². The van der Waals surface area contributed by atoms with Crippen LogP contribution in [0.5, 0.6) is 5.88 Å². The summed E-state index contributed by atoms with van der Waals surface area (Å²) in [5, 5.41) is 0. The van der Waals surface area contributed by atoms with E-state index in [1.807, 2.05) is 18.0 Å². The van der Waals surface area contributed by atoms with Gasteiger partial charge in [0.2, 0.25) is 11.8 Å². The van der Waals surface area contributed by atoms with Gasteiger partial charge in [0.1, 0.15) is 0 Å². The molecular weight excluding hydrogens is 306 g/mol. The number of likely N-dealkylation sites (N-methyl/N-ethyl adjacent to an activating group) is 1. The highest BCUT2D eigenvalue weighted by molar-refractivity contribution is 9.10. The normalized spacial score (nSPS) is 10.3. The Bertz CT molecular complexity index is 533. The molecule has 0 amide bonds. The van der Waals surface area contributed by atoms with Gasteiger partial charge in [-0.15, -0.1) is 0 Å². The van der Waals surface area contributed by atoms with Gasteiger partial charge in [-0.2, -0.15) is 4.98 Å². The summed E-state index contributed by atoms with van der Waals surface area (Å²) < 4.78 is 5.93. The number of halogens is 1. The molecule has 19 heavy (non-hydrogen) atoms. The molecule has 1 aromatic heterocycles. The SMILES string of the molecule is COc1nc(N(C)CCc2ccccc2)ncc1Br. The molecule has 0 unspecified atom stereocenters. The number of methoxy groups -OCH3 is 1. The first-order valence-electron chi connectivity index (χ1n) is 6.02. The van der Waals surface area contributed by atoms with Crippen LogP contribution < -0.4 is 9.64 Å². The number of hydrogen-bond donors (Lipinski definition) is 0. The molecule has 0 saturated carbocycles. The van der Waals surface area contributed by atoms with Crippen LogP contribution in [0.25, 0.3) is 0 Å². The van der Waals surface area contributed by atoms with E-state index in [0.717, 1.165) is 17.4 Å². The lowest BCUT2D eigenvalue weighted by molar-refractivity contribution is 0.394. The first kappa shape index (κ1) is 13.8. The molecule has 1 aromatic carbocycles. The van der Waals surface area contributed by atoms with E-state index >= 15 is 0 Å². The van der Waals surface area contributed by atoms with E-state index in [9.17, 15) is 0 Å². The Hall–Kier alpha value is -1.62. The van der Waals surface area contributed by atoms with E-state index in [4.69, 9.17) is 4.74 Å². The molecule has 0 aliphatic rings. The number of benzene rings is 1. The first-order chi connectivity index (χ1) is 9.20. The average Bonchev–Trinajstić information content (AvgIpc) is 2.46. The Morgan fingerprint density at radius 1 is 1.26 bits per heavy atom. The Morgan fingerprint density at radius 2 is 2.00 bits per heavy atom. The number of anilines is 1. The molecule has 0 fully saturated rings. The zero-order valence-corrected chi connectivity index (χ0v) is 12.6. The van der Waals surface area contributed by atoms with Gasteiger partial charge in [0.05, 0.1) is 17.8 Å². The van der Waals surface area contributed by atoms with E-state index in [0.29, 0.717) is 11.8 Å². The maximum atomic E-state index is 5.17. The van der Waals surface area contributed by atoms with Gasteiger partial charge < -0.3 is 9.64 Å². The Balaban J connectivity index is 2.02. The third-order valence-electron chi connectivity index (χ3n) is 2.81. The third-order valence-corrected chi connectivity index (χ3v) is 3.36. The second-order valence-corrected chi connectivity index (χ2v) is 5.04. The molecular formula is C14H16BrN3O. The quantitative estimate of drug-likeness (QED) is 0.848. The summed E-state index contributed by atoms with van der Waals surface area (Å²) in [5.74, 6) is 1.22. The Morgan fingerprint density at radius 3 is 2.68 bits per heavy atom. The number of hydrogen-bond acceptors (Lipinski definition) is 4. The van der Waals surface area contributed by atoms with Crippen molar-refractivity contribution in [2.24, 2.45) is 0 Å². The molecule has 0 saturated heterocycles. The Labute approximate surface area is 121 Å². The predicted molar refractivity (Wildman–Crippen MR) is 79.7 cm³/mol. The molecule has 0 atom stereocenters. The molecule has 0 spiro atoms. The third kappa shape index (κ3) is 3.67. The van der Waals surface area contributed by atoms with E-state index in [-0.39, 0.29) is 0 Å². The van der Waals surface area contributed by atoms with Crippen LogP contribution in [-0.4, -0.2) is 30.7 Å². The topological polar surface area (TPSA) is 38.2 Å². The van der Waals surface area contributed by atoms with Crippen molar-refractivity contribution in [2.75, 3.05) is 25.6 Å². The van der Waals surface area contributed by atoms with Crippen molar-refractivity contribution < 1.29 is 4.74 Å². The van der Waals surface area contributed by atoms with Gasteiger partial charge in [0, 0.05) is 13.6 Å². The fraction of sp³-hybridized carbons (Fsp3) is 0.286. The minimum Gasteiger partial charge on any atom is -0.480 e. The Kier molecular flexibility index (Phi) is 4.74. The number of nitrogens with zero attached hydrogens (tertiary/aromatic N) is 3. The van der Waals surface area contributed by atoms with Crippen LogP contribution in [-0.2, 0) is 6.42 Å². The van der Waals surface area contributed by atoms with Gasteiger partial charge in [-0.3, -0.25) is 0 Å². The molecule has 4 nitrogen and oxygen atoms in total.